The third kappa shape index (κ3) is 2.94. The molecule has 0 atom stereocenters. The fourth-order valence-electron chi connectivity index (χ4n) is 2.86. The quantitative estimate of drug-likeness (QED) is 0.519. The SMILES string of the molecule is Nc1ccc2c(c1)/C(=C\c1ccc3cn[nH]c3c1)C(=O)N2OC(=O)C(F)(F)F. The van der Waals surface area contributed by atoms with Crippen LogP contribution in [0.3, 0.4) is 0 Å². The van der Waals surface area contributed by atoms with Gasteiger partial charge < -0.3 is 10.6 Å². The van der Waals surface area contributed by atoms with Gasteiger partial charge in [0.25, 0.3) is 5.91 Å². The Labute approximate surface area is 155 Å². The zero-order chi connectivity index (χ0) is 20.1. The summed E-state index contributed by atoms with van der Waals surface area (Å²) in [5.74, 6) is -3.41. The van der Waals surface area contributed by atoms with Crippen LogP contribution in [0.2, 0.25) is 0 Å². The number of hydroxylamine groups is 1. The Morgan fingerprint density at radius 3 is 2.75 bits per heavy atom. The highest BCUT2D eigenvalue weighted by Gasteiger charge is 2.46. The highest BCUT2D eigenvalue weighted by Crippen LogP contribution is 2.40. The number of halogens is 3. The van der Waals surface area contributed by atoms with Gasteiger partial charge in [-0.05, 0) is 35.9 Å². The summed E-state index contributed by atoms with van der Waals surface area (Å²) in [6.45, 7) is 0. The normalized spacial score (nSPS) is 15.3. The second kappa shape index (κ2) is 6.12. The van der Waals surface area contributed by atoms with E-state index in [0.29, 0.717) is 21.8 Å². The first-order valence-electron chi connectivity index (χ1n) is 7.92. The van der Waals surface area contributed by atoms with Crippen LogP contribution in [0.15, 0.2) is 42.6 Å². The standard InChI is InChI=1S/C18H11F3N4O3/c19-18(20,21)17(27)28-25-15-4-3-11(22)7-12(15)13(16(25)26)5-9-1-2-10-8-23-24-14(10)6-9/h1-8H,22H2,(H,23,24)/b13-5+. The van der Waals surface area contributed by atoms with Crippen LogP contribution in [0.1, 0.15) is 11.1 Å². The molecule has 1 amide bonds. The molecule has 0 spiro atoms. The van der Waals surface area contributed by atoms with Crippen LogP contribution in [-0.4, -0.2) is 28.3 Å². The number of H-pyrrole nitrogens is 1. The molecule has 1 aliphatic rings. The third-order valence-electron chi connectivity index (χ3n) is 4.13. The minimum Gasteiger partial charge on any atom is -0.399 e. The lowest BCUT2D eigenvalue weighted by Crippen LogP contribution is -2.36. The molecule has 1 aromatic heterocycles. The lowest BCUT2D eigenvalue weighted by Gasteiger charge is -2.16. The first kappa shape index (κ1) is 17.6. The van der Waals surface area contributed by atoms with E-state index >= 15 is 0 Å². The lowest BCUT2D eigenvalue weighted by molar-refractivity contribution is -0.201. The maximum Gasteiger partial charge on any atom is 0.493 e. The van der Waals surface area contributed by atoms with Gasteiger partial charge in [0.1, 0.15) is 0 Å². The number of rotatable bonds is 2. The van der Waals surface area contributed by atoms with E-state index < -0.39 is 18.1 Å². The van der Waals surface area contributed by atoms with Gasteiger partial charge in [0.15, 0.2) is 0 Å². The lowest BCUT2D eigenvalue weighted by atomic mass is 10.0. The molecule has 0 aliphatic carbocycles. The number of alkyl halides is 3. The fraction of sp³-hybridized carbons (Fsp3) is 0.0556. The van der Waals surface area contributed by atoms with Crippen molar-refractivity contribution in [3.05, 3.63) is 53.7 Å². The molecule has 3 aromatic rings. The number of nitrogens with zero attached hydrogens (tertiary/aromatic N) is 2. The van der Waals surface area contributed by atoms with Gasteiger partial charge in [-0.25, -0.2) is 4.79 Å². The Morgan fingerprint density at radius 2 is 2.00 bits per heavy atom. The number of fused-ring (bicyclic) bond motifs is 2. The van der Waals surface area contributed by atoms with Gasteiger partial charge in [-0.1, -0.05) is 12.1 Å². The fourth-order valence-corrected chi connectivity index (χ4v) is 2.86. The number of anilines is 2. The minimum atomic E-state index is -5.24. The Kier molecular flexibility index (Phi) is 3.84. The molecule has 4 rings (SSSR count). The van der Waals surface area contributed by atoms with Crippen LogP contribution in [-0.2, 0) is 14.4 Å². The molecular formula is C18H11F3N4O3. The number of carbonyl (C=O) groups is 2. The zero-order valence-electron chi connectivity index (χ0n) is 13.9. The van der Waals surface area contributed by atoms with E-state index in [1.165, 1.54) is 24.3 Å². The highest BCUT2D eigenvalue weighted by atomic mass is 19.4. The first-order chi connectivity index (χ1) is 13.2. The summed E-state index contributed by atoms with van der Waals surface area (Å²) in [7, 11) is 0. The molecule has 2 aromatic carbocycles. The van der Waals surface area contributed by atoms with Gasteiger partial charge >= 0.3 is 12.1 Å². The van der Waals surface area contributed by atoms with Gasteiger partial charge in [-0.15, -0.1) is 5.06 Å². The Morgan fingerprint density at radius 1 is 1.21 bits per heavy atom. The summed E-state index contributed by atoms with van der Waals surface area (Å²) in [6, 6.07) is 9.33. The molecule has 28 heavy (non-hydrogen) atoms. The van der Waals surface area contributed by atoms with Crippen LogP contribution < -0.4 is 10.8 Å². The van der Waals surface area contributed by atoms with E-state index in [0.717, 1.165) is 5.39 Å². The molecule has 142 valence electrons. The van der Waals surface area contributed by atoms with Crippen molar-refractivity contribution >= 4 is 45.8 Å². The molecule has 3 N–H and O–H groups in total. The van der Waals surface area contributed by atoms with Crippen LogP contribution in [0.4, 0.5) is 24.5 Å². The monoisotopic (exact) mass is 388 g/mol. The van der Waals surface area contributed by atoms with Gasteiger partial charge in [0, 0.05) is 16.6 Å². The third-order valence-corrected chi connectivity index (χ3v) is 4.13. The smallest absolute Gasteiger partial charge is 0.399 e. The maximum atomic E-state index is 12.7. The molecular weight excluding hydrogens is 377 g/mol. The van der Waals surface area contributed by atoms with E-state index in [1.54, 1.807) is 24.4 Å². The van der Waals surface area contributed by atoms with E-state index in [-0.39, 0.29) is 16.8 Å². The predicted molar refractivity (Wildman–Crippen MR) is 94.5 cm³/mol. The second-order valence-electron chi connectivity index (χ2n) is 6.03. The number of amides is 1. The molecule has 0 bridgehead atoms. The van der Waals surface area contributed by atoms with E-state index in [2.05, 4.69) is 15.0 Å². The molecule has 7 nitrogen and oxygen atoms in total. The minimum absolute atomic E-state index is 0.00864. The van der Waals surface area contributed by atoms with Crippen molar-refractivity contribution < 1.29 is 27.6 Å². The predicted octanol–water partition coefficient (Wildman–Crippen LogP) is 3.05. The average Bonchev–Trinajstić information content (AvgIpc) is 3.19. The number of benzene rings is 2. The molecule has 10 heteroatoms. The summed E-state index contributed by atoms with van der Waals surface area (Å²) in [5, 5.41) is 7.87. The van der Waals surface area contributed by atoms with E-state index in [9.17, 15) is 22.8 Å². The average molecular weight is 388 g/mol. The summed E-state index contributed by atoms with van der Waals surface area (Å²) in [4.78, 5) is 28.2. The van der Waals surface area contributed by atoms with E-state index in [1.807, 2.05) is 0 Å². The van der Waals surface area contributed by atoms with Gasteiger partial charge in [0.05, 0.1) is 23.0 Å². The van der Waals surface area contributed by atoms with Crippen molar-refractivity contribution in [2.45, 2.75) is 6.18 Å². The Balaban J connectivity index is 1.78. The summed E-state index contributed by atoms with van der Waals surface area (Å²) in [6.07, 6.45) is -2.14. The van der Waals surface area contributed by atoms with Gasteiger partial charge in [-0.2, -0.15) is 18.3 Å². The number of hydrogen-bond donors (Lipinski definition) is 2. The number of nitrogen functional groups attached to an aromatic ring is 1. The van der Waals surface area contributed by atoms with Crippen molar-refractivity contribution in [1.29, 1.82) is 0 Å². The number of aromatic amines is 1. The van der Waals surface area contributed by atoms with Crippen molar-refractivity contribution in [2.24, 2.45) is 0 Å². The first-order valence-corrected chi connectivity index (χ1v) is 7.92. The zero-order valence-corrected chi connectivity index (χ0v) is 13.9. The molecule has 0 unspecified atom stereocenters. The van der Waals surface area contributed by atoms with Crippen LogP contribution in [0, 0.1) is 0 Å². The molecule has 0 radical (unpaired) electrons. The Bertz CT molecular complexity index is 1150. The number of hydrogen-bond acceptors (Lipinski definition) is 5. The highest BCUT2D eigenvalue weighted by molar-refractivity contribution is 6.35. The molecule has 2 heterocycles. The molecule has 1 aliphatic heterocycles. The van der Waals surface area contributed by atoms with Crippen LogP contribution in [0.25, 0.3) is 22.6 Å². The second-order valence-corrected chi connectivity index (χ2v) is 6.03. The van der Waals surface area contributed by atoms with Crippen molar-refractivity contribution in [1.82, 2.24) is 10.2 Å². The summed E-state index contributed by atoms with van der Waals surface area (Å²) >= 11 is 0. The maximum absolute atomic E-state index is 12.7. The number of carbonyl (C=O) groups excluding carboxylic acids is 2. The molecule has 0 saturated heterocycles. The summed E-state index contributed by atoms with van der Waals surface area (Å²) in [5.41, 5.74) is 7.64. The summed E-state index contributed by atoms with van der Waals surface area (Å²) < 4.78 is 37.7. The van der Waals surface area contributed by atoms with Crippen molar-refractivity contribution in [2.75, 3.05) is 10.8 Å². The molecule has 0 saturated carbocycles. The number of nitrogens with one attached hydrogen (secondary N) is 1. The van der Waals surface area contributed by atoms with Crippen molar-refractivity contribution in [3.63, 3.8) is 0 Å². The van der Waals surface area contributed by atoms with Gasteiger partial charge in [0.2, 0.25) is 0 Å². The number of nitrogens with two attached hydrogens (primary N) is 1. The van der Waals surface area contributed by atoms with Gasteiger partial charge in [-0.3, -0.25) is 9.89 Å². The molecule has 0 fully saturated rings. The largest absolute Gasteiger partial charge is 0.493 e. The Hall–Kier alpha value is -3.82. The van der Waals surface area contributed by atoms with E-state index in [4.69, 9.17) is 5.73 Å². The van der Waals surface area contributed by atoms with Crippen molar-refractivity contribution in [3.8, 4) is 0 Å². The topological polar surface area (TPSA) is 101 Å². The van der Waals surface area contributed by atoms with Crippen LogP contribution in [0.5, 0.6) is 0 Å². The number of aromatic nitrogens is 2. The van der Waals surface area contributed by atoms with Crippen LogP contribution >= 0.6 is 0 Å².